The number of ether oxygens (including phenoxy) is 1. The van der Waals surface area contributed by atoms with Crippen molar-refractivity contribution in [2.75, 3.05) is 10.7 Å². The van der Waals surface area contributed by atoms with Crippen LogP contribution in [0.2, 0.25) is 0 Å². The van der Waals surface area contributed by atoms with Gasteiger partial charge in [0.1, 0.15) is 12.1 Å². The van der Waals surface area contributed by atoms with Crippen LogP contribution >= 0.6 is 11.8 Å². The van der Waals surface area contributed by atoms with Crippen molar-refractivity contribution in [2.24, 2.45) is 4.99 Å². The van der Waals surface area contributed by atoms with E-state index >= 15 is 0 Å². The smallest absolute Gasteiger partial charge is 0.406 e. The van der Waals surface area contributed by atoms with E-state index in [1.165, 1.54) is 51.9 Å². The molecule has 3 amide bonds. The van der Waals surface area contributed by atoms with Gasteiger partial charge in [-0.25, -0.2) is 19.9 Å². The lowest BCUT2D eigenvalue weighted by Gasteiger charge is -2.18. The van der Waals surface area contributed by atoms with Crippen LogP contribution in [0, 0.1) is 13.8 Å². The first-order valence-corrected chi connectivity index (χ1v) is 13.4. The zero-order chi connectivity index (χ0) is 29.9. The number of aromatic nitrogens is 3. The summed E-state index contributed by atoms with van der Waals surface area (Å²) in [5.74, 6) is 0.0938. The number of nitrogens with zero attached hydrogens (tertiary/aromatic N) is 5. The zero-order valence-electron chi connectivity index (χ0n) is 22.3. The molecule has 5 rings (SSSR count). The Labute approximate surface area is 242 Å². The topological polar surface area (TPSA) is 111 Å². The summed E-state index contributed by atoms with van der Waals surface area (Å²) in [7, 11) is 0. The van der Waals surface area contributed by atoms with Crippen LogP contribution in [-0.2, 0) is 16.2 Å². The first-order chi connectivity index (χ1) is 20.1. The summed E-state index contributed by atoms with van der Waals surface area (Å²) < 4.78 is 42.4. The number of carbonyl (C=O) groups is 2. The molecule has 2 heterocycles. The Morgan fingerprint density at radius 1 is 1.07 bits per heavy atom. The number of urea groups is 1. The molecular weight excluding hydrogens is 573 g/mol. The Balaban J connectivity index is 1.16. The van der Waals surface area contributed by atoms with Gasteiger partial charge in [-0.1, -0.05) is 48.2 Å². The van der Waals surface area contributed by atoms with E-state index < -0.39 is 12.4 Å². The van der Waals surface area contributed by atoms with Crippen LogP contribution in [0.3, 0.4) is 0 Å². The molecule has 4 aromatic rings. The van der Waals surface area contributed by atoms with Gasteiger partial charge in [-0.2, -0.15) is 4.99 Å². The Bertz CT molecular complexity index is 1640. The zero-order valence-corrected chi connectivity index (χ0v) is 23.1. The molecular formula is C28H23F3N6O4S. The van der Waals surface area contributed by atoms with Gasteiger partial charge in [0.25, 0.3) is 0 Å². The molecule has 216 valence electrons. The van der Waals surface area contributed by atoms with E-state index in [-0.39, 0.29) is 29.2 Å². The average molecular weight is 597 g/mol. The Morgan fingerprint density at radius 2 is 1.81 bits per heavy atom. The summed E-state index contributed by atoms with van der Waals surface area (Å²) in [6, 6.07) is 17.3. The molecule has 0 spiro atoms. The lowest BCUT2D eigenvalue weighted by Crippen LogP contribution is -2.32. The van der Waals surface area contributed by atoms with Gasteiger partial charge in [-0.05, 0) is 60.9 Å². The summed E-state index contributed by atoms with van der Waals surface area (Å²) in [5.41, 5.74) is 6.78. The summed E-state index contributed by atoms with van der Waals surface area (Å²) in [6.45, 7) is 3.86. The number of carbonyl (C=O) groups excluding carboxylic acids is 2. The number of hydrogen-bond acceptors (Lipinski definition) is 7. The van der Waals surface area contributed by atoms with E-state index in [1.54, 1.807) is 24.3 Å². The fourth-order valence-electron chi connectivity index (χ4n) is 4.00. The minimum Gasteiger partial charge on any atom is -0.406 e. The molecule has 10 nitrogen and oxygen atoms in total. The Morgan fingerprint density at radius 3 is 2.52 bits per heavy atom. The highest BCUT2D eigenvalue weighted by atomic mass is 32.2. The number of amides is 3. The largest absolute Gasteiger partial charge is 0.573 e. The number of thioether (sulfide) groups is 1. The van der Waals surface area contributed by atoms with E-state index in [1.807, 2.05) is 32.0 Å². The lowest BCUT2D eigenvalue weighted by molar-refractivity contribution is -0.274. The molecule has 0 aliphatic carbocycles. The molecule has 1 aromatic heterocycles. The molecule has 1 aliphatic heterocycles. The quantitative estimate of drug-likeness (QED) is 0.272. The van der Waals surface area contributed by atoms with Gasteiger partial charge in [0.05, 0.1) is 23.7 Å². The molecule has 1 N–H and O–H groups in total. The SMILES string of the molecule is Cc1ccc(C)c(N2C(=O)CS/C2=N\C(=O)NOCc2ccc(-c3ncn(-c4ccc(OC(F)(F)F)cc4)n3)cc2)c1. The fourth-order valence-corrected chi connectivity index (χ4v) is 4.86. The monoisotopic (exact) mass is 596 g/mol. The number of amidine groups is 1. The van der Waals surface area contributed by atoms with Crippen LogP contribution in [0.4, 0.5) is 23.7 Å². The van der Waals surface area contributed by atoms with E-state index in [2.05, 4.69) is 25.3 Å². The summed E-state index contributed by atoms with van der Waals surface area (Å²) >= 11 is 1.18. The molecule has 0 unspecified atom stereocenters. The van der Waals surface area contributed by atoms with Crippen molar-refractivity contribution >= 4 is 34.6 Å². The maximum atomic E-state index is 12.5. The van der Waals surface area contributed by atoms with Crippen molar-refractivity contribution in [1.82, 2.24) is 20.2 Å². The van der Waals surface area contributed by atoms with Crippen LogP contribution < -0.4 is 15.1 Å². The van der Waals surface area contributed by atoms with Crippen molar-refractivity contribution < 1.29 is 32.3 Å². The van der Waals surface area contributed by atoms with E-state index in [0.717, 1.165) is 16.7 Å². The molecule has 1 saturated heterocycles. The first kappa shape index (κ1) is 28.8. The third-order valence-corrected chi connectivity index (χ3v) is 6.93. The number of hydrogen-bond donors (Lipinski definition) is 1. The maximum Gasteiger partial charge on any atom is 0.573 e. The molecule has 0 bridgehead atoms. The van der Waals surface area contributed by atoms with Crippen LogP contribution in [-0.4, -0.2) is 44.0 Å². The fraction of sp³-hybridized carbons (Fsp3) is 0.179. The molecule has 0 atom stereocenters. The van der Waals surface area contributed by atoms with Crippen molar-refractivity contribution in [3.05, 3.63) is 89.7 Å². The van der Waals surface area contributed by atoms with Crippen LogP contribution in [0.25, 0.3) is 17.1 Å². The van der Waals surface area contributed by atoms with Gasteiger partial charge >= 0.3 is 12.4 Å². The molecule has 0 radical (unpaired) electrons. The third-order valence-electron chi connectivity index (χ3n) is 6.01. The second kappa shape index (κ2) is 12.0. The molecule has 42 heavy (non-hydrogen) atoms. The van der Waals surface area contributed by atoms with Crippen molar-refractivity contribution in [3.8, 4) is 22.8 Å². The van der Waals surface area contributed by atoms with E-state index in [0.29, 0.717) is 22.8 Å². The Kier molecular flexibility index (Phi) is 8.27. The van der Waals surface area contributed by atoms with Crippen LogP contribution in [0.5, 0.6) is 5.75 Å². The number of hydroxylamine groups is 1. The standard InChI is InChI=1S/C28H23F3N6O4S/c1-17-3-4-18(2)23(13-17)37-24(38)15-42-27(37)33-26(39)35-40-14-19-5-7-20(8-6-19)25-32-16-36(34-25)21-9-11-22(12-10-21)41-28(29,30)31/h3-13,16H,14-15H2,1-2H3,(H,35,39)/b33-27-. The van der Waals surface area contributed by atoms with Gasteiger partial charge in [0, 0.05) is 5.56 Å². The normalized spacial score (nSPS) is 14.5. The highest BCUT2D eigenvalue weighted by molar-refractivity contribution is 8.15. The van der Waals surface area contributed by atoms with Gasteiger partial charge in [-0.3, -0.25) is 14.5 Å². The molecule has 1 aliphatic rings. The summed E-state index contributed by atoms with van der Waals surface area (Å²) in [6.07, 6.45) is -3.32. The van der Waals surface area contributed by atoms with Crippen LogP contribution in [0.15, 0.2) is 78.0 Å². The number of aliphatic imine (C=N–C) groups is 1. The highest BCUT2D eigenvalue weighted by Crippen LogP contribution is 2.30. The van der Waals surface area contributed by atoms with E-state index in [4.69, 9.17) is 4.84 Å². The first-order valence-electron chi connectivity index (χ1n) is 12.5. The summed E-state index contributed by atoms with van der Waals surface area (Å²) in [5, 5.41) is 4.65. The minimum absolute atomic E-state index is 0.0534. The molecule has 0 saturated carbocycles. The van der Waals surface area contributed by atoms with Crippen molar-refractivity contribution in [3.63, 3.8) is 0 Å². The molecule has 14 heteroatoms. The second-order valence-corrected chi connectivity index (χ2v) is 10.1. The minimum atomic E-state index is -4.77. The van der Waals surface area contributed by atoms with Gasteiger partial charge in [0.15, 0.2) is 11.0 Å². The van der Waals surface area contributed by atoms with Crippen molar-refractivity contribution in [1.29, 1.82) is 0 Å². The maximum absolute atomic E-state index is 12.5. The lowest BCUT2D eigenvalue weighted by atomic mass is 10.1. The second-order valence-electron chi connectivity index (χ2n) is 9.15. The third kappa shape index (κ3) is 6.95. The number of alkyl halides is 3. The Hall–Kier alpha value is -4.69. The number of anilines is 1. The number of halogens is 3. The molecule has 3 aromatic carbocycles. The van der Waals surface area contributed by atoms with Gasteiger partial charge in [0.2, 0.25) is 5.91 Å². The highest BCUT2D eigenvalue weighted by Gasteiger charge is 2.32. The van der Waals surface area contributed by atoms with E-state index in [9.17, 15) is 22.8 Å². The summed E-state index contributed by atoms with van der Waals surface area (Å²) in [4.78, 5) is 39.9. The number of benzene rings is 3. The van der Waals surface area contributed by atoms with Gasteiger partial charge in [-0.15, -0.1) is 18.3 Å². The number of rotatable bonds is 7. The van der Waals surface area contributed by atoms with Gasteiger partial charge < -0.3 is 4.74 Å². The number of aryl methyl sites for hydroxylation is 2. The predicted molar refractivity (Wildman–Crippen MR) is 150 cm³/mol. The average Bonchev–Trinajstić information content (AvgIpc) is 3.57. The molecule has 1 fully saturated rings. The predicted octanol–water partition coefficient (Wildman–Crippen LogP) is 5.73. The van der Waals surface area contributed by atoms with Crippen LogP contribution in [0.1, 0.15) is 16.7 Å². The number of nitrogens with one attached hydrogen (secondary N) is 1. The van der Waals surface area contributed by atoms with Crippen molar-refractivity contribution in [2.45, 2.75) is 26.8 Å².